The average molecular weight is 316 g/mol. The van der Waals surface area contributed by atoms with Crippen molar-refractivity contribution in [2.45, 2.75) is 17.6 Å². The van der Waals surface area contributed by atoms with Crippen LogP contribution in [0.1, 0.15) is 20.1 Å². The number of carboxylic acid groups (broad SMARTS) is 1. The molecule has 1 aromatic carbocycles. The van der Waals surface area contributed by atoms with E-state index in [1.54, 1.807) is 6.92 Å². The van der Waals surface area contributed by atoms with Crippen molar-refractivity contribution in [3.05, 3.63) is 51.2 Å². The Morgan fingerprint density at radius 3 is 2.65 bits per heavy atom. The van der Waals surface area contributed by atoms with Gasteiger partial charge in [-0.1, -0.05) is 0 Å². The van der Waals surface area contributed by atoms with Crippen molar-refractivity contribution in [3.63, 3.8) is 0 Å². The Labute approximate surface area is 120 Å². The van der Waals surface area contributed by atoms with E-state index in [9.17, 15) is 17.8 Å². The molecule has 7 heteroatoms. The summed E-state index contributed by atoms with van der Waals surface area (Å²) in [4.78, 5) is 11.5. The van der Waals surface area contributed by atoms with Crippen LogP contribution in [0.2, 0.25) is 0 Å². The highest BCUT2D eigenvalue weighted by Crippen LogP contribution is 2.25. The van der Waals surface area contributed by atoms with Gasteiger partial charge in [-0.3, -0.25) is 4.21 Å². The molecule has 0 bridgehead atoms. The van der Waals surface area contributed by atoms with Crippen LogP contribution < -0.4 is 0 Å². The van der Waals surface area contributed by atoms with Crippen LogP contribution in [0.15, 0.2) is 29.2 Å². The summed E-state index contributed by atoms with van der Waals surface area (Å²) in [7, 11) is -1.77. The normalized spacial score (nSPS) is 12.3. The first kappa shape index (κ1) is 14.8. The third-order valence-corrected chi connectivity index (χ3v) is 5.11. The monoisotopic (exact) mass is 316 g/mol. The first-order chi connectivity index (χ1) is 9.38. The minimum Gasteiger partial charge on any atom is -0.477 e. The van der Waals surface area contributed by atoms with Crippen molar-refractivity contribution in [2.24, 2.45) is 0 Å². The second kappa shape index (κ2) is 5.80. The van der Waals surface area contributed by atoms with Gasteiger partial charge in [0.1, 0.15) is 16.5 Å². The zero-order valence-electron chi connectivity index (χ0n) is 10.4. The van der Waals surface area contributed by atoms with E-state index in [1.165, 1.54) is 6.07 Å². The molecule has 0 aliphatic heterocycles. The summed E-state index contributed by atoms with van der Waals surface area (Å²) in [5.74, 6) is -2.51. The standard InChI is InChI=1S/C13H10F2O3S2/c1-7-8(4-11(19-7)13(16)17)6-20(18)12-5-9(14)2-3-10(12)15/h2-5H,6H2,1H3,(H,16,17). The number of carbonyl (C=O) groups is 1. The second-order valence-electron chi connectivity index (χ2n) is 4.06. The molecular formula is C13H10F2O3S2. The van der Waals surface area contributed by atoms with Gasteiger partial charge < -0.3 is 5.11 Å². The minimum atomic E-state index is -1.77. The fourth-order valence-electron chi connectivity index (χ4n) is 1.64. The Morgan fingerprint density at radius 2 is 2.05 bits per heavy atom. The van der Waals surface area contributed by atoms with Crippen molar-refractivity contribution >= 4 is 28.1 Å². The van der Waals surface area contributed by atoms with Crippen molar-refractivity contribution in [1.82, 2.24) is 0 Å². The SMILES string of the molecule is Cc1sc(C(=O)O)cc1CS(=O)c1cc(F)ccc1F. The topological polar surface area (TPSA) is 54.4 Å². The lowest BCUT2D eigenvalue weighted by atomic mass is 10.3. The van der Waals surface area contributed by atoms with E-state index in [4.69, 9.17) is 5.11 Å². The van der Waals surface area contributed by atoms with Gasteiger partial charge in [0.25, 0.3) is 0 Å². The molecule has 106 valence electrons. The third kappa shape index (κ3) is 3.10. The summed E-state index contributed by atoms with van der Waals surface area (Å²) in [6.07, 6.45) is 0. The first-order valence-electron chi connectivity index (χ1n) is 5.54. The molecule has 2 rings (SSSR count). The van der Waals surface area contributed by atoms with Crippen molar-refractivity contribution in [3.8, 4) is 0 Å². The van der Waals surface area contributed by atoms with Crippen LogP contribution in [0, 0.1) is 18.6 Å². The molecule has 0 amide bonds. The Hall–Kier alpha value is -1.60. The number of benzene rings is 1. The highest BCUT2D eigenvalue weighted by molar-refractivity contribution is 7.84. The molecule has 1 aromatic heterocycles. The molecular weight excluding hydrogens is 306 g/mol. The molecule has 0 radical (unpaired) electrons. The minimum absolute atomic E-state index is 0.0456. The maximum absolute atomic E-state index is 13.5. The van der Waals surface area contributed by atoms with Crippen molar-refractivity contribution in [1.29, 1.82) is 0 Å². The molecule has 0 spiro atoms. The predicted molar refractivity (Wildman–Crippen MR) is 72.5 cm³/mol. The highest BCUT2D eigenvalue weighted by Gasteiger charge is 2.16. The number of hydrogen-bond donors (Lipinski definition) is 1. The Kier molecular flexibility index (Phi) is 4.29. The molecule has 2 aromatic rings. The van der Waals surface area contributed by atoms with Crippen LogP contribution in [-0.4, -0.2) is 15.3 Å². The maximum atomic E-state index is 13.5. The molecule has 1 N–H and O–H groups in total. The summed E-state index contributed by atoms with van der Waals surface area (Å²) in [6, 6.07) is 4.18. The van der Waals surface area contributed by atoms with E-state index in [2.05, 4.69) is 0 Å². The van der Waals surface area contributed by atoms with E-state index in [0.717, 1.165) is 29.5 Å². The molecule has 3 nitrogen and oxygen atoms in total. The molecule has 1 heterocycles. The Bertz CT molecular complexity index is 695. The smallest absolute Gasteiger partial charge is 0.345 e. The van der Waals surface area contributed by atoms with Crippen molar-refractivity contribution < 1.29 is 22.9 Å². The fraction of sp³-hybridized carbons (Fsp3) is 0.154. The first-order valence-corrected chi connectivity index (χ1v) is 7.68. The lowest BCUT2D eigenvalue weighted by molar-refractivity contribution is 0.0702. The van der Waals surface area contributed by atoms with Gasteiger partial charge in [0, 0.05) is 4.88 Å². The van der Waals surface area contributed by atoms with Gasteiger partial charge >= 0.3 is 5.97 Å². The van der Waals surface area contributed by atoms with Crippen LogP contribution in [-0.2, 0) is 16.6 Å². The molecule has 0 saturated carbocycles. The van der Waals surface area contributed by atoms with Crippen LogP contribution in [0.3, 0.4) is 0 Å². The van der Waals surface area contributed by atoms with E-state index in [1.807, 2.05) is 0 Å². The summed E-state index contributed by atoms with van der Waals surface area (Å²) in [5.41, 5.74) is 0.564. The molecule has 0 aliphatic carbocycles. The van der Waals surface area contributed by atoms with Crippen LogP contribution in [0.25, 0.3) is 0 Å². The van der Waals surface area contributed by atoms with E-state index in [0.29, 0.717) is 10.4 Å². The summed E-state index contributed by atoms with van der Waals surface area (Å²) in [6.45, 7) is 1.70. The van der Waals surface area contributed by atoms with Gasteiger partial charge in [-0.15, -0.1) is 11.3 Å². The molecule has 1 unspecified atom stereocenters. The Morgan fingerprint density at radius 1 is 1.35 bits per heavy atom. The van der Waals surface area contributed by atoms with Gasteiger partial charge in [0.2, 0.25) is 0 Å². The van der Waals surface area contributed by atoms with E-state index >= 15 is 0 Å². The lowest BCUT2D eigenvalue weighted by Gasteiger charge is -2.03. The second-order valence-corrected chi connectivity index (χ2v) is 6.74. The van der Waals surface area contributed by atoms with Gasteiger partial charge in [0.15, 0.2) is 0 Å². The zero-order chi connectivity index (χ0) is 14.9. The van der Waals surface area contributed by atoms with Gasteiger partial charge in [-0.2, -0.15) is 0 Å². The maximum Gasteiger partial charge on any atom is 0.345 e. The molecule has 1 atom stereocenters. The van der Waals surface area contributed by atoms with E-state index < -0.39 is 28.4 Å². The van der Waals surface area contributed by atoms with E-state index in [-0.39, 0.29) is 15.5 Å². The zero-order valence-corrected chi connectivity index (χ0v) is 12.0. The number of carboxylic acids is 1. The number of halogens is 2. The summed E-state index contributed by atoms with van der Waals surface area (Å²) in [5, 5.41) is 8.88. The van der Waals surface area contributed by atoms with Gasteiger partial charge in [-0.05, 0) is 36.8 Å². The molecule has 0 fully saturated rings. The molecule has 0 saturated heterocycles. The number of aromatic carboxylic acids is 1. The fourth-order valence-corrected chi connectivity index (χ4v) is 3.88. The van der Waals surface area contributed by atoms with Gasteiger partial charge in [0.05, 0.1) is 21.4 Å². The third-order valence-electron chi connectivity index (χ3n) is 2.66. The summed E-state index contributed by atoms with van der Waals surface area (Å²) >= 11 is 1.07. The number of rotatable bonds is 4. The lowest BCUT2D eigenvalue weighted by Crippen LogP contribution is -2.00. The Balaban J connectivity index is 2.28. The van der Waals surface area contributed by atoms with Crippen LogP contribution in [0.4, 0.5) is 8.78 Å². The highest BCUT2D eigenvalue weighted by atomic mass is 32.2. The van der Waals surface area contributed by atoms with Crippen LogP contribution >= 0.6 is 11.3 Å². The number of thiophene rings is 1. The number of aryl methyl sites for hydroxylation is 1. The van der Waals surface area contributed by atoms with Crippen LogP contribution in [0.5, 0.6) is 0 Å². The quantitative estimate of drug-likeness (QED) is 0.941. The average Bonchev–Trinajstić information content (AvgIpc) is 2.74. The van der Waals surface area contributed by atoms with Crippen molar-refractivity contribution in [2.75, 3.05) is 0 Å². The largest absolute Gasteiger partial charge is 0.477 e. The molecule has 0 aliphatic rings. The summed E-state index contributed by atoms with van der Waals surface area (Å²) < 4.78 is 38.6. The molecule has 20 heavy (non-hydrogen) atoms. The predicted octanol–water partition coefficient (Wildman–Crippen LogP) is 3.34. The van der Waals surface area contributed by atoms with Gasteiger partial charge in [-0.25, -0.2) is 13.6 Å². The number of hydrogen-bond acceptors (Lipinski definition) is 3.